The Balaban J connectivity index is 1.29. The second-order valence-corrected chi connectivity index (χ2v) is 9.26. The predicted molar refractivity (Wildman–Crippen MR) is 104 cm³/mol. The third kappa shape index (κ3) is 3.93. The molecule has 0 spiro atoms. The number of rotatable bonds is 4. The summed E-state index contributed by atoms with van der Waals surface area (Å²) in [5, 5.41) is 0.594. The van der Waals surface area contributed by atoms with E-state index in [2.05, 4.69) is 36.1 Å². The highest BCUT2D eigenvalue weighted by Gasteiger charge is 2.40. The minimum Gasteiger partial charge on any atom is -0.342 e. The Morgan fingerprint density at radius 2 is 1.81 bits per heavy atom. The minimum atomic E-state index is 0.0221. The fourth-order valence-corrected chi connectivity index (χ4v) is 5.35. The van der Waals surface area contributed by atoms with Crippen LogP contribution in [0.1, 0.15) is 44.1 Å². The Morgan fingerprint density at radius 1 is 1.08 bits per heavy atom. The maximum Gasteiger partial charge on any atom is 0.227 e. The molecule has 1 saturated carbocycles. The molecule has 0 bridgehead atoms. The molecule has 0 aromatic heterocycles. The number of aryl methyl sites for hydroxylation is 1. The molecule has 3 aliphatic rings. The first kappa shape index (κ1) is 17.9. The van der Waals surface area contributed by atoms with Crippen LogP contribution < -0.4 is 0 Å². The number of carbonyl (C=O) groups is 2. The van der Waals surface area contributed by atoms with Gasteiger partial charge in [0.1, 0.15) is 0 Å². The van der Waals surface area contributed by atoms with Crippen LogP contribution in [-0.2, 0) is 9.59 Å². The van der Waals surface area contributed by atoms with Gasteiger partial charge >= 0.3 is 0 Å². The molecular formula is C21H28N2O2S. The van der Waals surface area contributed by atoms with Crippen LogP contribution in [0.4, 0.5) is 0 Å². The monoisotopic (exact) mass is 372 g/mol. The molecule has 26 heavy (non-hydrogen) atoms. The van der Waals surface area contributed by atoms with Gasteiger partial charge in [0.15, 0.2) is 0 Å². The number of likely N-dealkylation sites (tertiary alicyclic amines) is 2. The summed E-state index contributed by atoms with van der Waals surface area (Å²) < 4.78 is 0. The van der Waals surface area contributed by atoms with Crippen molar-refractivity contribution in [3.63, 3.8) is 0 Å². The summed E-state index contributed by atoms with van der Waals surface area (Å²) in [5.41, 5.74) is 1.34. The molecule has 4 nitrogen and oxygen atoms in total. The maximum absolute atomic E-state index is 12.9. The van der Waals surface area contributed by atoms with Gasteiger partial charge < -0.3 is 9.80 Å². The third-order valence-electron chi connectivity index (χ3n) is 5.92. The van der Waals surface area contributed by atoms with Crippen molar-refractivity contribution in [1.29, 1.82) is 0 Å². The molecule has 2 saturated heterocycles. The van der Waals surface area contributed by atoms with E-state index in [1.54, 1.807) is 0 Å². The van der Waals surface area contributed by atoms with Gasteiger partial charge in [0.2, 0.25) is 11.8 Å². The molecule has 4 rings (SSSR count). The first-order chi connectivity index (χ1) is 12.6. The number of amides is 2. The SMILES string of the molecule is Cc1ccccc1SC1CCN(C(=O)[C@H]2CCC(=O)N(C3CC3)C2)CC1. The smallest absolute Gasteiger partial charge is 0.227 e. The van der Waals surface area contributed by atoms with Crippen LogP contribution in [0.3, 0.4) is 0 Å². The molecule has 2 aliphatic heterocycles. The van der Waals surface area contributed by atoms with E-state index in [0.717, 1.165) is 45.2 Å². The summed E-state index contributed by atoms with van der Waals surface area (Å²) in [4.78, 5) is 30.4. The molecular weight excluding hydrogens is 344 g/mol. The summed E-state index contributed by atoms with van der Waals surface area (Å²) in [6.07, 6.45) is 5.64. The number of nitrogens with zero attached hydrogens (tertiary/aromatic N) is 2. The minimum absolute atomic E-state index is 0.0221. The molecule has 140 valence electrons. The highest BCUT2D eigenvalue weighted by molar-refractivity contribution is 8.00. The van der Waals surface area contributed by atoms with E-state index in [0.29, 0.717) is 24.3 Å². The van der Waals surface area contributed by atoms with Crippen molar-refractivity contribution >= 4 is 23.6 Å². The fourth-order valence-electron chi connectivity index (χ4n) is 4.13. The largest absolute Gasteiger partial charge is 0.342 e. The second-order valence-electron chi connectivity index (χ2n) is 7.92. The zero-order chi connectivity index (χ0) is 18.1. The number of thioether (sulfide) groups is 1. The van der Waals surface area contributed by atoms with E-state index in [-0.39, 0.29) is 17.7 Å². The lowest BCUT2D eigenvalue weighted by Crippen LogP contribution is -2.49. The van der Waals surface area contributed by atoms with Crippen LogP contribution >= 0.6 is 11.8 Å². The van der Waals surface area contributed by atoms with E-state index in [1.807, 2.05) is 16.7 Å². The number of carbonyl (C=O) groups excluding carboxylic acids is 2. The molecule has 1 aromatic rings. The van der Waals surface area contributed by atoms with Gasteiger partial charge in [-0.25, -0.2) is 0 Å². The molecule has 0 unspecified atom stereocenters. The van der Waals surface area contributed by atoms with E-state index in [1.165, 1.54) is 10.5 Å². The van der Waals surface area contributed by atoms with E-state index >= 15 is 0 Å². The van der Waals surface area contributed by atoms with Crippen molar-refractivity contribution in [2.24, 2.45) is 5.92 Å². The zero-order valence-electron chi connectivity index (χ0n) is 15.5. The average Bonchev–Trinajstić information content (AvgIpc) is 3.49. The second kappa shape index (κ2) is 7.63. The van der Waals surface area contributed by atoms with E-state index in [4.69, 9.17) is 0 Å². The molecule has 3 fully saturated rings. The number of benzene rings is 1. The van der Waals surface area contributed by atoms with Crippen LogP contribution in [0.2, 0.25) is 0 Å². The van der Waals surface area contributed by atoms with Gasteiger partial charge in [0.25, 0.3) is 0 Å². The van der Waals surface area contributed by atoms with Crippen LogP contribution in [0.15, 0.2) is 29.2 Å². The first-order valence-electron chi connectivity index (χ1n) is 9.92. The van der Waals surface area contributed by atoms with Crippen LogP contribution in [0, 0.1) is 12.8 Å². The maximum atomic E-state index is 12.9. The molecule has 1 aliphatic carbocycles. The van der Waals surface area contributed by atoms with Crippen molar-refractivity contribution in [2.75, 3.05) is 19.6 Å². The third-order valence-corrected chi connectivity index (χ3v) is 7.44. The van der Waals surface area contributed by atoms with Gasteiger partial charge in [-0.1, -0.05) is 18.2 Å². The Labute approximate surface area is 160 Å². The van der Waals surface area contributed by atoms with Gasteiger partial charge in [-0.05, 0) is 50.7 Å². The van der Waals surface area contributed by atoms with E-state index in [9.17, 15) is 9.59 Å². The molecule has 1 aromatic carbocycles. The highest BCUT2D eigenvalue weighted by atomic mass is 32.2. The van der Waals surface area contributed by atoms with Crippen molar-refractivity contribution in [2.45, 2.75) is 61.6 Å². The van der Waals surface area contributed by atoms with Crippen molar-refractivity contribution in [1.82, 2.24) is 9.80 Å². The predicted octanol–water partition coefficient (Wildman–Crippen LogP) is 3.48. The lowest BCUT2D eigenvalue weighted by molar-refractivity contribution is -0.144. The topological polar surface area (TPSA) is 40.6 Å². The van der Waals surface area contributed by atoms with E-state index < -0.39 is 0 Å². The Morgan fingerprint density at radius 3 is 2.50 bits per heavy atom. The van der Waals surface area contributed by atoms with Gasteiger partial charge in [-0.3, -0.25) is 9.59 Å². The van der Waals surface area contributed by atoms with Gasteiger partial charge in [-0.15, -0.1) is 11.8 Å². The molecule has 5 heteroatoms. The lowest BCUT2D eigenvalue weighted by Gasteiger charge is -2.37. The summed E-state index contributed by atoms with van der Waals surface area (Å²) in [5.74, 6) is 0.557. The summed E-state index contributed by atoms with van der Waals surface area (Å²) in [6, 6.07) is 8.97. The fraction of sp³-hybridized carbons (Fsp3) is 0.619. The Hall–Kier alpha value is -1.49. The van der Waals surface area contributed by atoms with Crippen molar-refractivity contribution in [3.8, 4) is 0 Å². The average molecular weight is 373 g/mol. The standard InChI is InChI=1S/C21H28N2O2S/c1-15-4-2-3-5-19(15)26-18-10-12-22(13-11-18)21(25)16-6-9-20(24)23(14-16)17-7-8-17/h2-5,16-18H,6-14H2,1H3/t16-/m0/s1. The lowest BCUT2D eigenvalue weighted by atomic mass is 9.95. The van der Waals surface area contributed by atoms with Crippen molar-refractivity contribution in [3.05, 3.63) is 29.8 Å². The first-order valence-corrected chi connectivity index (χ1v) is 10.8. The van der Waals surface area contributed by atoms with Crippen LogP contribution in [-0.4, -0.2) is 52.5 Å². The highest BCUT2D eigenvalue weighted by Crippen LogP contribution is 2.34. The summed E-state index contributed by atoms with van der Waals surface area (Å²) >= 11 is 1.96. The molecule has 0 radical (unpaired) electrons. The molecule has 2 amide bonds. The molecule has 1 atom stereocenters. The molecule has 2 heterocycles. The number of hydrogen-bond acceptors (Lipinski definition) is 3. The van der Waals surface area contributed by atoms with Crippen molar-refractivity contribution < 1.29 is 9.59 Å². The van der Waals surface area contributed by atoms with Gasteiger partial charge in [0, 0.05) is 42.2 Å². The number of hydrogen-bond donors (Lipinski definition) is 0. The Kier molecular flexibility index (Phi) is 5.25. The Bertz CT molecular complexity index is 680. The normalized spacial score (nSPS) is 24.8. The summed E-state index contributed by atoms with van der Waals surface area (Å²) in [6.45, 7) is 4.53. The van der Waals surface area contributed by atoms with Gasteiger partial charge in [0.05, 0.1) is 5.92 Å². The number of piperidine rings is 2. The zero-order valence-corrected chi connectivity index (χ0v) is 16.3. The quantitative estimate of drug-likeness (QED) is 0.812. The molecule has 0 N–H and O–H groups in total. The summed E-state index contributed by atoms with van der Waals surface area (Å²) in [7, 11) is 0. The van der Waals surface area contributed by atoms with Gasteiger partial charge in [-0.2, -0.15) is 0 Å². The van der Waals surface area contributed by atoms with Crippen LogP contribution in [0.25, 0.3) is 0 Å². The van der Waals surface area contributed by atoms with Crippen LogP contribution in [0.5, 0.6) is 0 Å².